The van der Waals surface area contributed by atoms with Crippen LogP contribution in [0.15, 0.2) is 12.4 Å². The summed E-state index contributed by atoms with van der Waals surface area (Å²) in [7, 11) is -3.37. The summed E-state index contributed by atoms with van der Waals surface area (Å²) in [5.41, 5.74) is 6.80. The summed E-state index contributed by atoms with van der Waals surface area (Å²) in [4.78, 5) is 8.11. The summed E-state index contributed by atoms with van der Waals surface area (Å²) in [6.07, 6.45) is 3.65. The second-order valence-corrected chi connectivity index (χ2v) is 5.83. The van der Waals surface area contributed by atoms with Crippen molar-refractivity contribution in [2.45, 2.75) is 32.1 Å². The quantitative estimate of drug-likeness (QED) is 0.745. The van der Waals surface area contributed by atoms with E-state index in [4.69, 9.17) is 5.73 Å². The molecule has 0 aliphatic carbocycles. The lowest BCUT2D eigenvalue weighted by Crippen LogP contribution is -2.38. The van der Waals surface area contributed by atoms with Crippen LogP contribution in [0.1, 0.15) is 24.7 Å². The van der Waals surface area contributed by atoms with E-state index in [1.165, 1.54) is 0 Å². The van der Waals surface area contributed by atoms with E-state index in [1.54, 1.807) is 19.3 Å². The zero-order valence-electron chi connectivity index (χ0n) is 10.0. The van der Waals surface area contributed by atoms with Gasteiger partial charge in [-0.2, -0.15) is 0 Å². The van der Waals surface area contributed by atoms with E-state index in [0.29, 0.717) is 12.1 Å². The molecule has 7 heteroatoms. The standard InChI is InChI=1S/C10H18N4O2S/c1-3-10(4-11)17(15,16)14-7-9-6-12-8(2)5-13-9/h5-6,10,14H,3-4,7,11H2,1-2H3. The van der Waals surface area contributed by atoms with E-state index >= 15 is 0 Å². The van der Waals surface area contributed by atoms with Crippen molar-refractivity contribution in [1.29, 1.82) is 0 Å². The minimum atomic E-state index is -3.37. The first kappa shape index (κ1) is 14.0. The maximum absolute atomic E-state index is 11.8. The van der Waals surface area contributed by atoms with Gasteiger partial charge in [0.15, 0.2) is 0 Å². The fraction of sp³-hybridized carbons (Fsp3) is 0.600. The third kappa shape index (κ3) is 4.03. The molecule has 0 amide bonds. The lowest BCUT2D eigenvalue weighted by molar-refractivity contribution is 0.560. The van der Waals surface area contributed by atoms with Gasteiger partial charge in [0.05, 0.1) is 29.4 Å². The van der Waals surface area contributed by atoms with Crippen LogP contribution in [0.3, 0.4) is 0 Å². The van der Waals surface area contributed by atoms with Crippen LogP contribution in [0.4, 0.5) is 0 Å². The Bertz CT molecular complexity index is 440. The Morgan fingerprint density at radius 1 is 1.41 bits per heavy atom. The highest BCUT2D eigenvalue weighted by Crippen LogP contribution is 2.03. The number of nitrogens with zero attached hydrogens (tertiary/aromatic N) is 2. The summed E-state index contributed by atoms with van der Waals surface area (Å²) in [5.74, 6) is 0. The molecule has 17 heavy (non-hydrogen) atoms. The van der Waals surface area contributed by atoms with Crippen molar-refractivity contribution < 1.29 is 8.42 Å². The molecule has 1 atom stereocenters. The highest BCUT2D eigenvalue weighted by Gasteiger charge is 2.21. The van der Waals surface area contributed by atoms with E-state index < -0.39 is 15.3 Å². The predicted molar refractivity (Wildman–Crippen MR) is 65.7 cm³/mol. The van der Waals surface area contributed by atoms with Crippen molar-refractivity contribution in [3.8, 4) is 0 Å². The molecule has 0 aliphatic rings. The number of rotatable bonds is 6. The monoisotopic (exact) mass is 258 g/mol. The van der Waals surface area contributed by atoms with Crippen LogP contribution >= 0.6 is 0 Å². The molecule has 0 saturated heterocycles. The van der Waals surface area contributed by atoms with Gasteiger partial charge in [-0.1, -0.05) is 6.92 Å². The van der Waals surface area contributed by atoms with E-state index in [1.807, 2.05) is 6.92 Å². The predicted octanol–water partition coefficient (Wildman–Crippen LogP) is -0.0583. The first-order valence-electron chi connectivity index (χ1n) is 5.45. The van der Waals surface area contributed by atoms with Crippen molar-refractivity contribution in [1.82, 2.24) is 14.7 Å². The van der Waals surface area contributed by atoms with Gasteiger partial charge < -0.3 is 5.73 Å². The molecule has 1 rings (SSSR count). The number of hydrogen-bond donors (Lipinski definition) is 2. The zero-order valence-corrected chi connectivity index (χ0v) is 10.9. The summed E-state index contributed by atoms with van der Waals surface area (Å²) >= 11 is 0. The Morgan fingerprint density at radius 3 is 2.59 bits per heavy atom. The van der Waals surface area contributed by atoms with Gasteiger partial charge in [0.1, 0.15) is 0 Å². The lowest BCUT2D eigenvalue weighted by Gasteiger charge is -2.14. The largest absolute Gasteiger partial charge is 0.329 e. The van der Waals surface area contributed by atoms with Crippen LogP contribution in [0, 0.1) is 6.92 Å². The Labute approximate surface area is 102 Å². The van der Waals surface area contributed by atoms with Crippen LogP contribution in [-0.4, -0.2) is 30.2 Å². The number of aryl methyl sites for hydroxylation is 1. The van der Waals surface area contributed by atoms with Crippen molar-refractivity contribution >= 4 is 10.0 Å². The maximum Gasteiger partial charge on any atom is 0.216 e. The summed E-state index contributed by atoms with van der Waals surface area (Å²) in [5, 5.41) is -0.555. The zero-order chi connectivity index (χ0) is 12.9. The highest BCUT2D eigenvalue weighted by atomic mass is 32.2. The van der Waals surface area contributed by atoms with Crippen LogP contribution in [0.5, 0.6) is 0 Å². The molecule has 1 heterocycles. The van der Waals surface area contributed by atoms with E-state index in [0.717, 1.165) is 5.69 Å². The molecule has 0 bridgehead atoms. The van der Waals surface area contributed by atoms with Gasteiger partial charge in [-0.3, -0.25) is 9.97 Å². The second kappa shape index (κ2) is 6.04. The van der Waals surface area contributed by atoms with Gasteiger partial charge in [-0.15, -0.1) is 0 Å². The number of nitrogens with two attached hydrogens (primary N) is 1. The average Bonchev–Trinajstić information content (AvgIpc) is 2.29. The van der Waals surface area contributed by atoms with Crippen LogP contribution < -0.4 is 10.5 Å². The third-order valence-electron chi connectivity index (χ3n) is 2.45. The summed E-state index contributed by atoms with van der Waals surface area (Å²) in [6, 6.07) is 0. The number of sulfonamides is 1. The summed E-state index contributed by atoms with van der Waals surface area (Å²) < 4.78 is 26.1. The summed E-state index contributed by atoms with van der Waals surface area (Å²) in [6.45, 7) is 3.88. The maximum atomic E-state index is 11.8. The first-order valence-corrected chi connectivity index (χ1v) is 7.00. The molecule has 0 radical (unpaired) electrons. The van der Waals surface area contributed by atoms with Gasteiger partial charge in [-0.05, 0) is 13.3 Å². The number of hydrogen-bond acceptors (Lipinski definition) is 5. The molecule has 96 valence electrons. The Balaban J connectivity index is 2.64. The molecule has 0 saturated carbocycles. The molecule has 0 aliphatic heterocycles. The molecular weight excluding hydrogens is 240 g/mol. The minimum absolute atomic E-state index is 0.116. The van der Waals surface area contributed by atoms with Crippen molar-refractivity contribution in [3.05, 3.63) is 23.8 Å². The number of nitrogens with one attached hydrogen (secondary N) is 1. The minimum Gasteiger partial charge on any atom is -0.329 e. The normalized spacial score (nSPS) is 13.6. The van der Waals surface area contributed by atoms with Gasteiger partial charge in [0.25, 0.3) is 0 Å². The van der Waals surface area contributed by atoms with Gasteiger partial charge >= 0.3 is 0 Å². The van der Waals surface area contributed by atoms with Gasteiger partial charge in [-0.25, -0.2) is 13.1 Å². The molecule has 3 N–H and O–H groups in total. The molecule has 6 nitrogen and oxygen atoms in total. The smallest absolute Gasteiger partial charge is 0.216 e. The molecular formula is C10H18N4O2S. The van der Waals surface area contributed by atoms with Crippen LogP contribution in [0.2, 0.25) is 0 Å². The lowest BCUT2D eigenvalue weighted by atomic mass is 10.3. The molecule has 0 aromatic carbocycles. The Kier molecular flexibility index (Phi) is 4.98. The van der Waals surface area contributed by atoms with Crippen molar-refractivity contribution in [2.75, 3.05) is 6.54 Å². The van der Waals surface area contributed by atoms with Crippen molar-refractivity contribution in [2.24, 2.45) is 5.73 Å². The molecule has 0 fully saturated rings. The molecule has 1 unspecified atom stereocenters. The van der Waals surface area contributed by atoms with E-state index in [9.17, 15) is 8.42 Å². The average molecular weight is 258 g/mol. The van der Waals surface area contributed by atoms with Gasteiger partial charge in [0, 0.05) is 12.7 Å². The molecule has 0 spiro atoms. The van der Waals surface area contributed by atoms with Gasteiger partial charge in [0.2, 0.25) is 10.0 Å². The molecule has 1 aromatic rings. The fourth-order valence-electron chi connectivity index (χ4n) is 1.32. The third-order valence-corrected chi connectivity index (χ3v) is 4.40. The Hall–Kier alpha value is -1.05. The topological polar surface area (TPSA) is 98.0 Å². The van der Waals surface area contributed by atoms with Crippen molar-refractivity contribution in [3.63, 3.8) is 0 Å². The van der Waals surface area contributed by atoms with E-state index in [2.05, 4.69) is 14.7 Å². The van der Waals surface area contributed by atoms with E-state index in [-0.39, 0.29) is 13.1 Å². The molecule has 1 aromatic heterocycles. The van der Waals surface area contributed by atoms with Crippen LogP contribution in [-0.2, 0) is 16.6 Å². The SMILES string of the molecule is CCC(CN)S(=O)(=O)NCc1cnc(C)cn1. The second-order valence-electron chi connectivity index (χ2n) is 3.78. The highest BCUT2D eigenvalue weighted by molar-refractivity contribution is 7.90. The first-order chi connectivity index (χ1) is 7.99. The fourth-order valence-corrected chi connectivity index (χ4v) is 2.59. The number of aromatic nitrogens is 2. The Morgan fingerprint density at radius 2 is 2.12 bits per heavy atom. The van der Waals surface area contributed by atoms with Crippen LogP contribution in [0.25, 0.3) is 0 Å².